The van der Waals surface area contributed by atoms with Gasteiger partial charge in [0.15, 0.2) is 0 Å². The van der Waals surface area contributed by atoms with E-state index in [2.05, 4.69) is 5.32 Å². The number of amides is 2. The Balaban J connectivity index is 2.11. The summed E-state index contributed by atoms with van der Waals surface area (Å²) in [4.78, 5) is 29.2. The van der Waals surface area contributed by atoms with Crippen LogP contribution in [0, 0.1) is 6.92 Å². The van der Waals surface area contributed by atoms with Gasteiger partial charge in [-0.25, -0.2) is 8.42 Å². The number of halogens is 2. The van der Waals surface area contributed by atoms with Crippen LogP contribution in [-0.2, 0) is 26.2 Å². The molecule has 3 aromatic rings. The Kier molecular flexibility index (Phi) is 12.1. The Labute approximate surface area is 266 Å². The number of hydrogen-bond acceptors (Lipinski definition) is 4. The number of rotatable bonds is 13. The van der Waals surface area contributed by atoms with Crippen LogP contribution < -0.4 is 9.62 Å². The van der Waals surface area contributed by atoms with Gasteiger partial charge in [0.05, 0.1) is 10.6 Å². The van der Waals surface area contributed by atoms with Crippen LogP contribution in [0.5, 0.6) is 0 Å². The van der Waals surface area contributed by atoms with Gasteiger partial charge < -0.3 is 10.2 Å². The number of carbonyl (C=O) groups excluding carboxylic acids is 2. The summed E-state index contributed by atoms with van der Waals surface area (Å²) < 4.78 is 29.3. The lowest BCUT2D eigenvalue weighted by atomic mass is 10.0. The van der Waals surface area contributed by atoms with E-state index in [0.29, 0.717) is 34.1 Å². The normalized spacial score (nSPS) is 13.0. The minimum absolute atomic E-state index is 0.0566. The molecule has 2 atom stereocenters. The van der Waals surface area contributed by atoms with E-state index in [1.165, 1.54) is 17.0 Å². The van der Waals surface area contributed by atoms with Gasteiger partial charge in [0.1, 0.15) is 12.6 Å². The minimum atomic E-state index is -4.16. The van der Waals surface area contributed by atoms with Crippen molar-refractivity contribution >= 4 is 50.7 Å². The average Bonchev–Trinajstić information content (AvgIpc) is 2.97. The fourth-order valence-electron chi connectivity index (χ4n) is 4.61. The molecule has 43 heavy (non-hydrogen) atoms. The van der Waals surface area contributed by atoms with Crippen molar-refractivity contribution in [1.29, 1.82) is 0 Å². The van der Waals surface area contributed by atoms with Gasteiger partial charge in [0, 0.05) is 28.2 Å². The molecule has 0 saturated heterocycles. The highest BCUT2D eigenvalue weighted by Crippen LogP contribution is 2.29. The number of nitrogens with zero attached hydrogens (tertiary/aromatic N) is 2. The number of carbonyl (C=O) groups is 2. The third-order valence-corrected chi connectivity index (χ3v) is 10.0. The summed E-state index contributed by atoms with van der Waals surface area (Å²) in [5.41, 5.74) is 2.75. The minimum Gasteiger partial charge on any atom is -0.352 e. The lowest BCUT2D eigenvalue weighted by molar-refractivity contribution is -0.140. The van der Waals surface area contributed by atoms with Crippen molar-refractivity contribution in [3.63, 3.8) is 0 Å². The lowest BCUT2D eigenvalue weighted by Crippen LogP contribution is -2.53. The Bertz CT molecular complexity index is 1490. The van der Waals surface area contributed by atoms with Crippen molar-refractivity contribution in [3.05, 3.63) is 93.5 Å². The van der Waals surface area contributed by atoms with E-state index < -0.39 is 28.5 Å². The van der Waals surface area contributed by atoms with E-state index in [9.17, 15) is 18.0 Å². The second-order valence-electron chi connectivity index (χ2n) is 11.0. The van der Waals surface area contributed by atoms with Crippen LogP contribution >= 0.6 is 23.2 Å². The van der Waals surface area contributed by atoms with Crippen molar-refractivity contribution in [3.8, 4) is 0 Å². The summed E-state index contributed by atoms with van der Waals surface area (Å²) in [7, 11) is -4.16. The molecule has 0 fully saturated rings. The van der Waals surface area contributed by atoms with E-state index in [-0.39, 0.29) is 29.3 Å². The summed E-state index contributed by atoms with van der Waals surface area (Å²) >= 11 is 13.0. The van der Waals surface area contributed by atoms with Crippen molar-refractivity contribution in [2.24, 2.45) is 0 Å². The van der Waals surface area contributed by atoms with Gasteiger partial charge in [0.25, 0.3) is 10.0 Å². The summed E-state index contributed by atoms with van der Waals surface area (Å²) in [6.45, 7) is 11.0. The van der Waals surface area contributed by atoms with Gasteiger partial charge in [-0.2, -0.15) is 0 Å². The molecule has 0 aliphatic rings. The predicted molar refractivity (Wildman–Crippen MR) is 175 cm³/mol. The first-order chi connectivity index (χ1) is 20.3. The molecule has 0 radical (unpaired) electrons. The highest BCUT2D eigenvalue weighted by atomic mass is 35.5. The zero-order valence-corrected chi connectivity index (χ0v) is 27.9. The Morgan fingerprint density at radius 3 is 1.95 bits per heavy atom. The molecule has 3 aromatic carbocycles. The van der Waals surface area contributed by atoms with Gasteiger partial charge in [-0.15, -0.1) is 0 Å². The highest BCUT2D eigenvalue weighted by Gasteiger charge is 2.34. The van der Waals surface area contributed by atoms with Gasteiger partial charge in [0.2, 0.25) is 11.8 Å². The lowest BCUT2D eigenvalue weighted by Gasteiger charge is -2.34. The van der Waals surface area contributed by atoms with Crippen LogP contribution in [0.4, 0.5) is 5.69 Å². The summed E-state index contributed by atoms with van der Waals surface area (Å²) in [6.07, 6.45) is 1.01. The molecule has 0 saturated carbocycles. The SMILES string of the molecule is CC[C@H](C(=O)N[C@@H](C)CC)N(Cc1c(Cl)cccc1Cl)C(=O)CN(c1ccc(C(C)C)cc1)S(=O)(=O)c1ccc(C)cc1. The van der Waals surface area contributed by atoms with E-state index in [0.717, 1.165) is 15.4 Å². The molecule has 0 aliphatic carbocycles. The second-order valence-corrected chi connectivity index (χ2v) is 13.7. The molecule has 1 N–H and O–H groups in total. The zero-order valence-electron chi connectivity index (χ0n) is 25.6. The smallest absolute Gasteiger partial charge is 0.264 e. The molecular formula is C33H41Cl2N3O4S. The second kappa shape index (κ2) is 15.1. The molecule has 0 heterocycles. The number of aryl methyl sites for hydroxylation is 1. The predicted octanol–water partition coefficient (Wildman–Crippen LogP) is 7.34. The maximum atomic E-state index is 14.3. The largest absolute Gasteiger partial charge is 0.352 e. The van der Waals surface area contributed by atoms with Crippen molar-refractivity contribution in [2.75, 3.05) is 10.8 Å². The summed E-state index contributed by atoms with van der Waals surface area (Å²) in [5.74, 6) is -0.656. The number of nitrogens with one attached hydrogen (secondary N) is 1. The number of hydrogen-bond donors (Lipinski definition) is 1. The monoisotopic (exact) mass is 645 g/mol. The van der Waals surface area contributed by atoms with E-state index >= 15 is 0 Å². The fraction of sp³-hybridized carbons (Fsp3) is 0.394. The van der Waals surface area contributed by atoms with Crippen molar-refractivity contribution < 1.29 is 18.0 Å². The molecule has 0 aromatic heterocycles. The molecule has 10 heteroatoms. The van der Waals surface area contributed by atoms with Crippen molar-refractivity contribution in [2.45, 2.75) is 83.8 Å². The zero-order chi connectivity index (χ0) is 31.9. The maximum Gasteiger partial charge on any atom is 0.264 e. The fourth-order valence-corrected chi connectivity index (χ4v) is 6.54. The molecular weight excluding hydrogens is 605 g/mol. The third-order valence-electron chi connectivity index (χ3n) is 7.51. The summed E-state index contributed by atoms with van der Waals surface area (Å²) in [6, 6.07) is 17.6. The van der Waals surface area contributed by atoms with Gasteiger partial charge in [-0.3, -0.25) is 13.9 Å². The Morgan fingerprint density at radius 2 is 1.44 bits per heavy atom. The van der Waals surface area contributed by atoms with Gasteiger partial charge in [-0.1, -0.05) is 86.8 Å². The molecule has 0 unspecified atom stereocenters. The number of benzene rings is 3. The van der Waals surface area contributed by atoms with Gasteiger partial charge in [-0.05, 0) is 74.6 Å². The van der Waals surface area contributed by atoms with Crippen LogP contribution in [-0.4, -0.2) is 43.8 Å². The van der Waals surface area contributed by atoms with Crippen LogP contribution in [0.2, 0.25) is 10.0 Å². The van der Waals surface area contributed by atoms with E-state index in [4.69, 9.17) is 23.2 Å². The van der Waals surface area contributed by atoms with Crippen LogP contribution in [0.15, 0.2) is 71.6 Å². The van der Waals surface area contributed by atoms with Crippen LogP contribution in [0.1, 0.15) is 70.1 Å². The topological polar surface area (TPSA) is 86.8 Å². The number of anilines is 1. The molecule has 7 nitrogen and oxygen atoms in total. The maximum absolute atomic E-state index is 14.3. The quantitative estimate of drug-likeness (QED) is 0.211. The first kappa shape index (κ1) is 34.4. The molecule has 3 rings (SSSR count). The highest BCUT2D eigenvalue weighted by molar-refractivity contribution is 7.92. The average molecular weight is 647 g/mol. The van der Waals surface area contributed by atoms with E-state index in [1.54, 1.807) is 49.4 Å². The van der Waals surface area contributed by atoms with Crippen LogP contribution in [0.25, 0.3) is 0 Å². The molecule has 2 amide bonds. The van der Waals surface area contributed by atoms with E-state index in [1.807, 2.05) is 46.8 Å². The first-order valence-electron chi connectivity index (χ1n) is 14.5. The molecule has 0 aliphatic heterocycles. The standard InChI is InChI=1S/C33H41Cl2N3O4S/c1-7-24(6)36-33(40)31(8-2)37(20-28-29(34)10-9-11-30(28)35)32(39)21-38(26-16-14-25(15-17-26)22(3)4)43(41,42)27-18-12-23(5)13-19-27/h9-19,22,24,31H,7-8,20-21H2,1-6H3,(H,36,40)/t24-,31+/m0/s1. The number of sulfonamides is 1. The molecule has 232 valence electrons. The van der Waals surface area contributed by atoms with Crippen LogP contribution in [0.3, 0.4) is 0 Å². The van der Waals surface area contributed by atoms with Gasteiger partial charge >= 0.3 is 0 Å². The van der Waals surface area contributed by atoms with Crippen molar-refractivity contribution in [1.82, 2.24) is 10.2 Å². The first-order valence-corrected chi connectivity index (χ1v) is 16.7. The third kappa shape index (κ3) is 8.52. The Hall–Kier alpha value is -3.07. The Morgan fingerprint density at radius 1 is 0.860 bits per heavy atom. The summed E-state index contributed by atoms with van der Waals surface area (Å²) in [5, 5.41) is 3.65. The molecule has 0 bridgehead atoms. The molecule has 0 spiro atoms.